The Balaban J connectivity index is 1.77. The van der Waals surface area contributed by atoms with Gasteiger partial charge < -0.3 is 14.4 Å². The molecule has 128 valence electrons. The van der Waals surface area contributed by atoms with Gasteiger partial charge in [-0.1, -0.05) is 28.1 Å². The third-order valence-corrected chi connectivity index (χ3v) is 3.68. The van der Waals surface area contributed by atoms with E-state index < -0.39 is 11.6 Å². The van der Waals surface area contributed by atoms with Crippen LogP contribution in [0, 0.1) is 11.6 Å². The Morgan fingerprint density at radius 2 is 1.79 bits per heavy atom. The summed E-state index contributed by atoms with van der Waals surface area (Å²) in [6.45, 7) is 0.0872. The van der Waals surface area contributed by atoms with Gasteiger partial charge in [0.05, 0.1) is 6.54 Å². The average molecular weight is 400 g/mol. The summed E-state index contributed by atoms with van der Waals surface area (Å²) in [6, 6.07) is 10.3. The molecule has 0 aromatic heterocycles. The third kappa shape index (κ3) is 5.19. The Bertz CT molecular complexity index is 712. The van der Waals surface area contributed by atoms with Crippen LogP contribution in [-0.4, -0.2) is 37.6 Å². The summed E-state index contributed by atoms with van der Waals surface area (Å²) in [5, 5.41) is 0. The molecule has 0 radical (unpaired) electrons. The van der Waals surface area contributed by atoms with Gasteiger partial charge in [-0.25, -0.2) is 8.78 Å². The number of likely N-dealkylation sites (N-methyl/N-ethyl adjacent to an activating group) is 1. The molecule has 0 saturated heterocycles. The smallest absolute Gasteiger partial charge is 0.260 e. The molecule has 2 aromatic carbocycles. The van der Waals surface area contributed by atoms with Crippen molar-refractivity contribution in [3.8, 4) is 11.5 Å². The van der Waals surface area contributed by atoms with Gasteiger partial charge in [0, 0.05) is 11.5 Å². The summed E-state index contributed by atoms with van der Waals surface area (Å²) in [5.41, 5.74) is 0. The van der Waals surface area contributed by atoms with Crippen LogP contribution in [0.2, 0.25) is 0 Å². The van der Waals surface area contributed by atoms with E-state index in [0.29, 0.717) is 4.47 Å². The topological polar surface area (TPSA) is 38.8 Å². The lowest BCUT2D eigenvalue weighted by Crippen LogP contribution is -2.34. The molecule has 2 rings (SSSR count). The molecule has 0 unspecified atom stereocenters. The van der Waals surface area contributed by atoms with Crippen LogP contribution in [0.25, 0.3) is 0 Å². The van der Waals surface area contributed by atoms with Crippen LogP contribution >= 0.6 is 15.9 Å². The first-order valence-corrected chi connectivity index (χ1v) is 7.96. The fourth-order valence-electron chi connectivity index (χ4n) is 1.82. The molecule has 0 spiro atoms. The first-order chi connectivity index (χ1) is 11.5. The quantitative estimate of drug-likeness (QED) is 0.713. The van der Waals surface area contributed by atoms with E-state index in [4.69, 9.17) is 9.47 Å². The lowest BCUT2D eigenvalue weighted by molar-refractivity contribution is -0.132. The highest BCUT2D eigenvalue weighted by Crippen LogP contribution is 2.21. The normalized spacial score (nSPS) is 10.3. The minimum absolute atomic E-state index is 0.00237. The summed E-state index contributed by atoms with van der Waals surface area (Å²) >= 11 is 3.14. The predicted octanol–water partition coefficient (Wildman–Crippen LogP) is 3.64. The van der Waals surface area contributed by atoms with Crippen molar-refractivity contribution in [1.82, 2.24) is 4.90 Å². The van der Waals surface area contributed by atoms with Crippen LogP contribution in [0.4, 0.5) is 8.78 Å². The molecular weight excluding hydrogens is 384 g/mol. The number of hydrogen-bond donors (Lipinski definition) is 0. The van der Waals surface area contributed by atoms with Gasteiger partial charge in [0.25, 0.3) is 5.91 Å². The van der Waals surface area contributed by atoms with Crippen molar-refractivity contribution < 1.29 is 23.0 Å². The second-order valence-corrected chi connectivity index (χ2v) is 5.87. The largest absolute Gasteiger partial charge is 0.489 e. The maximum atomic E-state index is 13.6. The number of para-hydroxylation sites is 1. The Labute approximate surface area is 147 Å². The Kier molecular flexibility index (Phi) is 6.54. The number of nitrogens with zero attached hydrogens (tertiary/aromatic N) is 1. The maximum Gasteiger partial charge on any atom is 0.260 e. The highest BCUT2D eigenvalue weighted by atomic mass is 79.9. The van der Waals surface area contributed by atoms with Crippen LogP contribution < -0.4 is 9.47 Å². The highest BCUT2D eigenvalue weighted by Gasteiger charge is 2.12. The van der Waals surface area contributed by atoms with Gasteiger partial charge in [-0.3, -0.25) is 4.79 Å². The number of hydrogen-bond acceptors (Lipinski definition) is 3. The molecule has 0 aliphatic carbocycles. The highest BCUT2D eigenvalue weighted by molar-refractivity contribution is 9.10. The van der Waals surface area contributed by atoms with E-state index in [1.165, 1.54) is 29.2 Å². The summed E-state index contributed by atoms with van der Waals surface area (Å²) in [4.78, 5) is 13.3. The second-order valence-electron chi connectivity index (χ2n) is 4.96. The van der Waals surface area contributed by atoms with Crippen LogP contribution in [0.1, 0.15) is 0 Å². The predicted molar refractivity (Wildman–Crippen MR) is 89.1 cm³/mol. The average Bonchev–Trinajstić information content (AvgIpc) is 2.55. The zero-order valence-corrected chi connectivity index (χ0v) is 14.6. The van der Waals surface area contributed by atoms with Gasteiger partial charge in [-0.2, -0.15) is 0 Å². The van der Waals surface area contributed by atoms with Crippen molar-refractivity contribution in [2.24, 2.45) is 0 Å². The van der Waals surface area contributed by atoms with Crippen LogP contribution in [-0.2, 0) is 4.79 Å². The summed E-state index contributed by atoms with van der Waals surface area (Å²) in [7, 11) is 1.56. The minimum Gasteiger partial charge on any atom is -0.489 e. The van der Waals surface area contributed by atoms with E-state index >= 15 is 0 Å². The Morgan fingerprint density at radius 3 is 2.50 bits per heavy atom. The minimum atomic E-state index is -0.553. The standard InChI is InChI=1S/C17H16BrF2NO3/c1-21(8-9-23-15-5-3-2-4-13(15)19)17(22)11-24-16-7-6-12(18)10-14(16)20/h2-7,10H,8-9,11H2,1H3. The molecule has 0 atom stereocenters. The number of carbonyl (C=O) groups is 1. The molecule has 7 heteroatoms. The molecule has 0 fully saturated rings. The molecule has 0 saturated carbocycles. The molecule has 0 bridgehead atoms. The molecule has 0 aliphatic heterocycles. The molecule has 0 heterocycles. The van der Waals surface area contributed by atoms with E-state index in [-0.39, 0.29) is 37.2 Å². The monoisotopic (exact) mass is 399 g/mol. The van der Waals surface area contributed by atoms with Gasteiger partial charge in [0.2, 0.25) is 0 Å². The molecule has 2 aromatic rings. The van der Waals surface area contributed by atoms with Crippen LogP contribution in [0.15, 0.2) is 46.9 Å². The van der Waals surface area contributed by atoms with Gasteiger partial charge >= 0.3 is 0 Å². The number of benzene rings is 2. The van der Waals surface area contributed by atoms with Crippen molar-refractivity contribution in [1.29, 1.82) is 0 Å². The summed E-state index contributed by atoms with van der Waals surface area (Å²) < 4.78 is 38.0. The summed E-state index contributed by atoms with van der Waals surface area (Å²) in [5.74, 6) is -1.22. The van der Waals surface area contributed by atoms with E-state index in [2.05, 4.69) is 15.9 Å². The zero-order chi connectivity index (χ0) is 17.5. The van der Waals surface area contributed by atoms with E-state index in [9.17, 15) is 13.6 Å². The molecular formula is C17H16BrF2NO3. The van der Waals surface area contributed by atoms with Gasteiger partial charge in [-0.05, 0) is 30.3 Å². The van der Waals surface area contributed by atoms with Crippen molar-refractivity contribution in [2.75, 3.05) is 26.8 Å². The zero-order valence-electron chi connectivity index (χ0n) is 13.0. The first-order valence-electron chi connectivity index (χ1n) is 7.16. The first kappa shape index (κ1) is 18.2. The molecule has 0 N–H and O–H groups in total. The number of amides is 1. The fraction of sp³-hybridized carbons (Fsp3) is 0.235. The van der Waals surface area contributed by atoms with Crippen molar-refractivity contribution in [3.63, 3.8) is 0 Å². The number of halogens is 3. The van der Waals surface area contributed by atoms with E-state index in [1.54, 1.807) is 25.2 Å². The van der Waals surface area contributed by atoms with E-state index in [0.717, 1.165) is 0 Å². The van der Waals surface area contributed by atoms with Crippen molar-refractivity contribution in [3.05, 3.63) is 58.6 Å². The Hall–Kier alpha value is -2.15. The van der Waals surface area contributed by atoms with Crippen LogP contribution in [0.5, 0.6) is 11.5 Å². The number of carbonyl (C=O) groups excluding carboxylic acids is 1. The lowest BCUT2D eigenvalue weighted by atomic mass is 10.3. The van der Waals surface area contributed by atoms with Crippen molar-refractivity contribution in [2.45, 2.75) is 0 Å². The Morgan fingerprint density at radius 1 is 1.08 bits per heavy atom. The maximum absolute atomic E-state index is 13.6. The second kappa shape index (κ2) is 8.63. The van der Waals surface area contributed by atoms with Gasteiger partial charge in [0.15, 0.2) is 29.7 Å². The van der Waals surface area contributed by atoms with E-state index in [1.807, 2.05) is 0 Å². The van der Waals surface area contributed by atoms with Gasteiger partial charge in [-0.15, -0.1) is 0 Å². The number of rotatable bonds is 7. The van der Waals surface area contributed by atoms with Crippen molar-refractivity contribution >= 4 is 21.8 Å². The SMILES string of the molecule is CN(CCOc1ccccc1F)C(=O)COc1ccc(Br)cc1F. The number of ether oxygens (including phenoxy) is 2. The fourth-order valence-corrected chi connectivity index (χ4v) is 2.15. The molecule has 1 amide bonds. The molecule has 4 nitrogen and oxygen atoms in total. The van der Waals surface area contributed by atoms with Crippen LogP contribution in [0.3, 0.4) is 0 Å². The molecule has 0 aliphatic rings. The lowest BCUT2D eigenvalue weighted by Gasteiger charge is -2.18. The van der Waals surface area contributed by atoms with Gasteiger partial charge in [0.1, 0.15) is 6.61 Å². The molecule has 24 heavy (non-hydrogen) atoms. The third-order valence-electron chi connectivity index (χ3n) is 3.19. The summed E-state index contributed by atoms with van der Waals surface area (Å²) in [6.07, 6.45) is 0.